The van der Waals surface area contributed by atoms with Crippen molar-refractivity contribution in [2.75, 3.05) is 45.0 Å². The zero-order chi connectivity index (χ0) is 49.9. The highest BCUT2D eigenvalue weighted by atomic mass is 32.2. The molecule has 7 heterocycles. The van der Waals surface area contributed by atoms with E-state index in [9.17, 15) is 24.9 Å². The van der Waals surface area contributed by atoms with Gasteiger partial charge in [0.1, 0.15) is 10.9 Å². The lowest BCUT2D eigenvalue weighted by Crippen LogP contribution is -2.36. The van der Waals surface area contributed by atoms with Gasteiger partial charge in [-0.15, -0.1) is 23.5 Å². The first-order chi connectivity index (χ1) is 33.1. The van der Waals surface area contributed by atoms with Crippen molar-refractivity contribution in [2.45, 2.75) is 160 Å². The normalized spacial score (nSPS) is 23.1. The van der Waals surface area contributed by atoms with Crippen molar-refractivity contribution in [3.8, 4) is 0 Å². The van der Waals surface area contributed by atoms with Gasteiger partial charge in [0.05, 0.1) is 67.8 Å². The lowest BCUT2D eigenvalue weighted by Gasteiger charge is -2.31. The molecule has 0 saturated carbocycles. The number of methoxy groups -OCH3 is 1. The molecule has 0 aromatic carbocycles. The Morgan fingerprint density at radius 2 is 1.46 bits per heavy atom. The molecule has 8 atom stereocenters. The number of aliphatic hydroxyl groups excluding tert-OH is 4. The summed E-state index contributed by atoms with van der Waals surface area (Å²) in [7, 11) is 1.41. The molecular formula is C52H75N5O10S2. The third kappa shape index (κ3) is 13.8. The number of H-pyrrole nitrogens is 2. The molecule has 7 N–H and O–H groups in total. The van der Waals surface area contributed by atoms with E-state index in [1.807, 2.05) is 20.8 Å². The summed E-state index contributed by atoms with van der Waals surface area (Å²) in [5, 5.41) is 41.1. The van der Waals surface area contributed by atoms with Crippen LogP contribution in [-0.4, -0.2) is 133 Å². The maximum atomic E-state index is 13.1. The van der Waals surface area contributed by atoms with Crippen molar-refractivity contribution in [1.29, 1.82) is 0 Å². The Morgan fingerprint density at radius 1 is 0.841 bits per heavy atom. The standard InChI is InChI=1S/C40H52N4O6S.C12H23NO4S/c1-9-28-21(3)31-18-35-37(25(7)49-11-10-12-51-36-15-26(46)14-27(19-45)50-36)22(4)32(43-35)16-29-20(2)13-30(41-29)24(6)39-38(40(47)48-8)23(5)33(44-39)17-34(28)42-31;1-2-11(16)13-4-3-5-18-12-7-9(15)6-10(8-14)17-12/h16-18,20,25-27,36,42-43,45-46H,9-15,19H2,1-8H3;9-10,12,14-15H,2-8H2,1H3,(H,13,16). The first-order valence-electron chi connectivity index (χ1n) is 24.6. The molecule has 8 bridgehead atoms. The van der Waals surface area contributed by atoms with Crippen molar-refractivity contribution in [3.05, 3.63) is 68.8 Å². The van der Waals surface area contributed by atoms with E-state index < -0.39 is 12.1 Å². The van der Waals surface area contributed by atoms with Gasteiger partial charge in [0.25, 0.3) is 0 Å². The molecule has 7 rings (SSSR count). The number of thioether (sulfide) groups is 2. The van der Waals surface area contributed by atoms with Crippen molar-refractivity contribution in [2.24, 2.45) is 0 Å². The number of rotatable bonds is 17. The van der Waals surface area contributed by atoms with Gasteiger partial charge in [-0.2, -0.15) is 0 Å². The van der Waals surface area contributed by atoms with Gasteiger partial charge in [0.15, 0.2) is 0 Å². The first kappa shape index (κ1) is 54.6. The lowest BCUT2D eigenvalue weighted by molar-refractivity contribution is -0.133. The number of carbonyl (C=O) groups excluding carboxylic acids is 2. The summed E-state index contributed by atoms with van der Waals surface area (Å²) in [6.45, 7) is 17.6. The Morgan fingerprint density at radius 3 is 2.07 bits per heavy atom. The summed E-state index contributed by atoms with van der Waals surface area (Å²) >= 11 is 3.31. The topological polar surface area (TPSA) is 221 Å². The molecule has 69 heavy (non-hydrogen) atoms. The van der Waals surface area contributed by atoms with Crippen LogP contribution in [0.25, 0.3) is 33.2 Å². The predicted octanol–water partition coefficient (Wildman–Crippen LogP) is 7.81. The number of aromatic nitrogens is 4. The number of aromatic amines is 2. The molecule has 3 aromatic rings. The molecule has 1 amide bonds. The Balaban J connectivity index is 0.000000366. The molecule has 4 aliphatic rings. The molecule has 2 saturated heterocycles. The SMILES string of the molecule is CCC(=O)NCCCSC1CC(O)CC(CO)O1.CCc1c(C)c2cc3[nH]c(cc4nc(c(C)c5nc(cc1[nH]2)C(C)=C5C(=O)OC)CC4C)c(C)c3C(C)OCCCSC1CC(O)CC(CO)O1. The summed E-state index contributed by atoms with van der Waals surface area (Å²) in [5.41, 5.74) is 13.8. The number of carbonyl (C=O) groups is 2. The van der Waals surface area contributed by atoms with E-state index in [0.717, 1.165) is 104 Å². The van der Waals surface area contributed by atoms with Gasteiger partial charge in [0.2, 0.25) is 5.91 Å². The maximum absolute atomic E-state index is 13.1. The van der Waals surface area contributed by atoms with Crippen LogP contribution in [0.15, 0.2) is 18.2 Å². The maximum Gasteiger partial charge on any atom is 0.340 e. The number of fused-ring (bicyclic) bond motifs is 8. The molecule has 380 valence electrons. The number of amides is 1. The van der Waals surface area contributed by atoms with E-state index in [1.54, 1.807) is 23.5 Å². The van der Waals surface area contributed by atoms with Crippen LogP contribution in [0.1, 0.15) is 142 Å². The van der Waals surface area contributed by atoms with E-state index >= 15 is 0 Å². The average molecular weight is 994 g/mol. The number of nitrogens with zero attached hydrogens (tertiary/aromatic N) is 2. The van der Waals surface area contributed by atoms with Crippen molar-refractivity contribution >= 4 is 68.6 Å². The number of esters is 1. The minimum Gasteiger partial charge on any atom is -0.465 e. The molecule has 0 radical (unpaired) electrons. The number of nitrogens with one attached hydrogen (secondary N) is 3. The van der Waals surface area contributed by atoms with Crippen molar-refractivity contribution in [3.63, 3.8) is 0 Å². The molecule has 0 spiro atoms. The second-order valence-corrected chi connectivity index (χ2v) is 21.1. The highest BCUT2D eigenvalue weighted by molar-refractivity contribution is 7.99. The number of allylic oxidation sites excluding steroid dienone is 1. The molecule has 8 unspecified atom stereocenters. The number of hydrogen-bond donors (Lipinski definition) is 7. The fraction of sp³-hybridized carbons (Fsp3) is 0.615. The summed E-state index contributed by atoms with van der Waals surface area (Å²) in [4.78, 5) is 41.7. The second kappa shape index (κ2) is 25.6. The van der Waals surface area contributed by atoms with Crippen LogP contribution in [0.3, 0.4) is 0 Å². The first-order valence-corrected chi connectivity index (χ1v) is 26.7. The van der Waals surface area contributed by atoms with Gasteiger partial charge in [0, 0.05) is 90.2 Å². The summed E-state index contributed by atoms with van der Waals surface area (Å²) < 4.78 is 23.3. The number of aryl methyl sites for hydroxylation is 3. The summed E-state index contributed by atoms with van der Waals surface area (Å²) in [5.74, 6) is 1.57. The Labute approximate surface area is 415 Å². The van der Waals surface area contributed by atoms with Crippen LogP contribution in [0.5, 0.6) is 0 Å². The van der Waals surface area contributed by atoms with Gasteiger partial charge in [-0.25, -0.2) is 9.78 Å². The molecular weight excluding hydrogens is 919 g/mol. The van der Waals surface area contributed by atoms with E-state index in [2.05, 4.69) is 68.1 Å². The van der Waals surface area contributed by atoms with Gasteiger partial charge in [-0.05, 0) is 118 Å². The van der Waals surface area contributed by atoms with Crippen LogP contribution in [0.4, 0.5) is 0 Å². The molecule has 0 aliphatic carbocycles. The third-order valence-electron chi connectivity index (χ3n) is 13.4. The Hall–Kier alpha value is -3.78. The van der Waals surface area contributed by atoms with E-state index in [0.29, 0.717) is 56.5 Å². The van der Waals surface area contributed by atoms with Crippen molar-refractivity contribution in [1.82, 2.24) is 25.3 Å². The van der Waals surface area contributed by atoms with Crippen molar-refractivity contribution < 1.29 is 49.0 Å². The third-order valence-corrected chi connectivity index (χ3v) is 15.8. The van der Waals surface area contributed by atoms with Gasteiger partial charge < -0.3 is 54.7 Å². The van der Waals surface area contributed by atoms with E-state index in [4.69, 9.17) is 34.0 Å². The molecule has 15 nitrogen and oxygen atoms in total. The monoisotopic (exact) mass is 993 g/mol. The number of ether oxygens (including phenoxy) is 4. The molecule has 17 heteroatoms. The zero-order valence-electron chi connectivity index (χ0n) is 41.9. The Kier molecular flexibility index (Phi) is 20.2. The highest BCUT2D eigenvalue weighted by Crippen LogP contribution is 2.37. The quantitative estimate of drug-likeness (QED) is 0.0507. The molecule has 4 aliphatic heterocycles. The molecule has 2 fully saturated rings. The number of hydrogen-bond acceptors (Lipinski definition) is 14. The number of aliphatic hydroxyl groups is 4. The van der Waals surface area contributed by atoms with Crippen LogP contribution in [0.2, 0.25) is 0 Å². The highest BCUT2D eigenvalue weighted by Gasteiger charge is 2.31. The lowest BCUT2D eigenvalue weighted by atomic mass is 9.99. The minimum atomic E-state index is -0.437. The fourth-order valence-electron chi connectivity index (χ4n) is 9.45. The van der Waals surface area contributed by atoms with Gasteiger partial charge in [-0.3, -0.25) is 9.78 Å². The van der Waals surface area contributed by atoms with Crippen LogP contribution in [-0.2, 0) is 41.4 Å². The Bertz CT molecular complexity index is 2450. The van der Waals surface area contributed by atoms with Gasteiger partial charge in [-0.1, -0.05) is 20.8 Å². The summed E-state index contributed by atoms with van der Waals surface area (Å²) in [6.07, 6.45) is 4.47. The fourth-order valence-corrected chi connectivity index (χ4v) is 11.8. The van der Waals surface area contributed by atoms with Crippen LogP contribution in [0, 0.1) is 20.8 Å². The predicted molar refractivity (Wildman–Crippen MR) is 275 cm³/mol. The smallest absolute Gasteiger partial charge is 0.340 e. The minimum absolute atomic E-state index is 0.0410. The molecule has 3 aromatic heterocycles. The zero-order valence-corrected chi connectivity index (χ0v) is 43.5. The largest absolute Gasteiger partial charge is 0.465 e. The van der Waals surface area contributed by atoms with Gasteiger partial charge >= 0.3 is 5.97 Å². The van der Waals surface area contributed by atoms with Crippen LogP contribution < -0.4 is 5.32 Å². The second-order valence-electron chi connectivity index (χ2n) is 18.5. The average Bonchev–Trinajstić information content (AvgIpc) is 4.05. The van der Waals surface area contributed by atoms with E-state index in [-0.39, 0.29) is 60.3 Å². The van der Waals surface area contributed by atoms with Crippen LogP contribution >= 0.6 is 23.5 Å². The summed E-state index contributed by atoms with van der Waals surface area (Å²) in [6, 6.07) is 6.39. The van der Waals surface area contributed by atoms with E-state index in [1.165, 1.54) is 12.7 Å².